The minimum atomic E-state index is -0.544. The summed E-state index contributed by atoms with van der Waals surface area (Å²) >= 11 is 0. The molecule has 8 aromatic carbocycles. The molecule has 0 fully saturated rings. The monoisotopic (exact) mass is 826 g/mol. The normalized spacial score (nSPS) is 13.8. The number of phenolic OH excluding ortho intramolecular Hbond substituents is 4. The average molecular weight is 827 g/mol. The largest absolute Gasteiger partial charge is 0.507 e. The SMILES string of the molecule is Cc1cc(C2(c3cc(C)c(O)c(C)c3)c3ccccc3-c3ccccc32)cc(C)c1O.Cc1cc(C2(c3cc(C)c(O)c(C)c3)c3ccccc3Cc3ccccc32)cc(C)c1O. The van der Waals surface area contributed by atoms with Crippen LogP contribution >= 0.6 is 0 Å². The zero-order valence-corrected chi connectivity index (χ0v) is 37.4. The Balaban J connectivity index is 0.000000160. The molecule has 0 aromatic heterocycles. The van der Waals surface area contributed by atoms with Gasteiger partial charge < -0.3 is 20.4 Å². The van der Waals surface area contributed by atoms with Crippen molar-refractivity contribution in [1.29, 1.82) is 0 Å². The van der Waals surface area contributed by atoms with Crippen LogP contribution in [0.15, 0.2) is 146 Å². The van der Waals surface area contributed by atoms with Crippen LogP contribution in [0.2, 0.25) is 0 Å². The quantitative estimate of drug-likeness (QED) is 0.142. The van der Waals surface area contributed by atoms with Gasteiger partial charge in [0.05, 0.1) is 10.8 Å². The second kappa shape index (κ2) is 15.4. The minimum absolute atomic E-state index is 0.344. The first-order valence-corrected chi connectivity index (χ1v) is 21.8. The zero-order chi connectivity index (χ0) is 44.5. The Morgan fingerprint density at radius 3 is 0.810 bits per heavy atom. The van der Waals surface area contributed by atoms with E-state index in [1.807, 2.05) is 55.4 Å². The summed E-state index contributed by atoms with van der Waals surface area (Å²) in [6.45, 7) is 15.7. The molecule has 0 saturated carbocycles. The standard InChI is InChI=1S/C30H28O2.C29H26O2/c1-18-13-24(14-19(2)28(18)31)30(25-15-20(3)29(32)21(4)16-25)26-11-7-5-9-22(26)17-23-10-6-8-12-27(23)30;1-17-13-21(14-18(2)27(17)30)29(22-15-19(3)28(31)20(4)16-22)25-11-7-5-9-23(25)24-10-6-8-12-26(24)29/h5-16,31-32H,17H2,1-4H3;5-16,30-31H,1-4H3. The van der Waals surface area contributed by atoms with Crippen molar-refractivity contribution in [2.24, 2.45) is 0 Å². The maximum Gasteiger partial charge on any atom is 0.121 e. The van der Waals surface area contributed by atoms with Crippen molar-refractivity contribution in [3.05, 3.63) is 246 Å². The Morgan fingerprint density at radius 1 is 0.302 bits per heavy atom. The van der Waals surface area contributed by atoms with Gasteiger partial charge in [0.25, 0.3) is 0 Å². The van der Waals surface area contributed by atoms with E-state index >= 15 is 0 Å². The van der Waals surface area contributed by atoms with Crippen LogP contribution in [-0.4, -0.2) is 20.4 Å². The highest BCUT2D eigenvalue weighted by Crippen LogP contribution is 2.57. The molecule has 0 aliphatic heterocycles. The van der Waals surface area contributed by atoms with Crippen molar-refractivity contribution in [3.63, 3.8) is 0 Å². The summed E-state index contributed by atoms with van der Waals surface area (Å²) in [4.78, 5) is 0. The molecule has 8 aromatic rings. The molecule has 4 nitrogen and oxygen atoms in total. The third-order valence-electron chi connectivity index (χ3n) is 13.9. The van der Waals surface area contributed by atoms with Gasteiger partial charge in [-0.25, -0.2) is 0 Å². The summed E-state index contributed by atoms with van der Waals surface area (Å²) in [7, 11) is 0. The molecule has 0 saturated heterocycles. The number of aromatic hydroxyl groups is 4. The number of benzene rings is 8. The van der Waals surface area contributed by atoms with Gasteiger partial charge in [0, 0.05) is 0 Å². The first-order valence-electron chi connectivity index (χ1n) is 21.8. The summed E-state index contributed by atoms with van der Waals surface area (Å²) in [6.07, 6.45) is 0.889. The van der Waals surface area contributed by atoms with E-state index in [1.54, 1.807) is 0 Å². The molecule has 0 radical (unpaired) electrons. The molecule has 2 aliphatic carbocycles. The molecule has 4 heteroatoms. The number of rotatable bonds is 4. The molecule has 0 amide bonds. The van der Waals surface area contributed by atoms with Crippen LogP contribution in [-0.2, 0) is 17.3 Å². The van der Waals surface area contributed by atoms with Gasteiger partial charge in [-0.1, -0.05) is 146 Å². The topological polar surface area (TPSA) is 80.9 Å². The van der Waals surface area contributed by atoms with Crippen molar-refractivity contribution in [3.8, 4) is 34.1 Å². The summed E-state index contributed by atoms with van der Waals surface area (Å²) in [6, 6.07) is 51.5. The zero-order valence-electron chi connectivity index (χ0n) is 37.4. The fourth-order valence-corrected chi connectivity index (χ4v) is 10.9. The van der Waals surface area contributed by atoms with E-state index in [0.717, 1.165) is 73.2 Å². The summed E-state index contributed by atoms with van der Waals surface area (Å²) < 4.78 is 0. The highest BCUT2D eigenvalue weighted by Gasteiger charge is 2.47. The maximum absolute atomic E-state index is 10.6. The lowest BCUT2D eigenvalue weighted by Crippen LogP contribution is -2.36. The fourth-order valence-electron chi connectivity index (χ4n) is 10.9. The predicted molar refractivity (Wildman–Crippen MR) is 256 cm³/mol. The van der Waals surface area contributed by atoms with Crippen molar-refractivity contribution in [1.82, 2.24) is 0 Å². The number of aryl methyl sites for hydroxylation is 8. The van der Waals surface area contributed by atoms with Crippen molar-refractivity contribution in [2.45, 2.75) is 72.6 Å². The van der Waals surface area contributed by atoms with Gasteiger partial charge >= 0.3 is 0 Å². The predicted octanol–water partition coefficient (Wildman–Crippen LogP) is 13.3. The van der Waals surface area contributed by atoms with Gasteiger partial charge in [-0.15, -0.1) is 0 Å². The van der Waals surface area contributed by atoms with Crippen LogP contribution in [0.3, 0.4) is 0 Å². The minimum Gasteiger partial charge on any atom is -0.507 e. The van der Waals surface area contributed by atoms with E-state index in [2.05, 4.69) is 146 Å². The first-order chi connectivity index (χ1) is 30.2. The van der Waals surface area contributed by atoms with Crippen molar-refractivity contribution < 1.29 is 20.4 Å². The molecule has 10 rings (SSSR count). The highest BCUT2D eigenvalue weighted by atomic mass is 16.3. The Bertz CT molecular complexity index is 2830. The molecule has 0 unspecified atom stereocenters. The highest BCUT2D eigenvalue weighted by molar-refractivity contribution is 5.86. The van der Waals surface area contributed by atoms with E-state index < -0.39 is 10.8 Å². The van der Waals surface area contributed by atoms with Crippen molar-refractivity contribution >= 4 is 0 Å². The molecule has 0 spiro atoms. The Labute approximate surface area is 371 Å². The van der Waals surface area contributed by atoms with Crippen LogP contribution in [0.25, 0.3) is 11.1 Å². The number of hydrogen-bond donors (Lipinski definition) is 4. The van der Waals surface area contributed by atoms with Crippen LogP contribution in [0.1, 0.15) is 100 Å². The number of fused-ring (bicyclic) bond motifs is 5. The van der Waals surface area contributed by atoms with E-state index in [-0.39, 0.29) is 0 Å². The number of phenols is 4. The van der Waals surface area contributed by atoms with Gasteiger partial charge in [-0.3, -0.25) is 0 Å². The Hall–Kier alpha value is -7.04. The third-order valence-corrected chi connectivity index (χ3v) is 13.9. The van der Waals surface area contributed by atoms with E-state index in [1.165, 1.54) is 44.5 Å². The van der Waals surface area contributed by atoms with E-state index in [0.29, 0.717) is 23.0 Å². The van der Waals surface area contributed by atoms with Gasteiger partial charge in [-0.2, -0.15) is 0 Å². The van der Waals surface area contributed by atoms with Crippen LogP contribution in [0.4, 0.5) is 0 Å². The van der Waals surface area contributed by atoms with Gasteiger partial charge in [-0.05, 0) is 173 Å². The molecule has 0 heterocycles. The second-order valence-electron chi connectivity index (χ2n) is 17.9. The summed E-state index contributed by atoms with van der Waals surface area (Å²) in [5.41, 5.74) is 20.4. The van der Waals surface area contributed by atoms with E-state index in [9.17, 15) is 20.4 Å². The van der Waals surface area contributed by atoms with Gasteiger partial charge in [0.15, 0.2) is 0 Å². The van der Waals surface area contributed by atoms with Crippen LogP contribution in [0, 0.1) is 55.4 Å². The van der Waals surface area contributed by atoms with Gasteiger partial charge in [0.1, 0.15) is 23.0 Å². The third kappa shape index (κ3) is 6.26. The lowest BCUT2D eigenvalue weighted by atomic mass is 9.59. The average Bonchev–Trinajstić information content (AvgIpc) is 3.58. The van der Waals surface area contributed by atoms with Crippen LogP contribution in [0.5, 0.6) is 23.0 Å². The Morgan fingerprint density at radius 2 is 0.524 bits per heavy atom. The molecule has 2 aliphatic rings. The Kier molecular flexibility index (Phi) is 10.1. The molecular weight excluding hydrogens is 773 g/mol. The van der Waals surface area contributed by atoms with Gasteiger partial charge in [0.2, 0.25) is 0 Å². The smallest absolute Gasteiger partial charge is 0.121 e. The fraction of sp³-hybridized carbons (Fsp3) is 0.186. The maximum atomic E-state index is 10.6. The summed E-state index contributed by atoms with van der Waals surface area (Å²) in [5, 5.41) is 42.2. The molecular formula is C59H54O4. The molecule has 314 valence electrons. The lowest BCUT2D eigenvalue weighted by molar-refractivity contribution is 0.465. The molecule has 0 atom stereocenters. The molecule has 0 bridgehead atoms. The first kappa shape index (κ1) is 41.3. The summed E-state index contributed by atoms with van der Waals surface area (Å²) in [5.74, 6) is 1.38. The van der Waals surface area contributed by atoms with Crippen molar-refractivity contribution in [2.75, 3.05) is 0 Å². The molecule has 63 heavy (non-hydrogen) atoms. The second-order valence-corrected chi connectivity index (χ2v) is 17.9. The number of hydrogen-bond acceptors (Lipinski definition) is 4. The molecule has 4 N–H and O–H groups in total. The lowest BCUT2D eigenvalue weighted by Gasteiger charge is -2.43. The van der Waals surface area contributed by atoms with E-state index in [4.69, 9.17) is 0 Å². The van der Waals surface area contributed by atoms with Crippen LogP contribution < -0.4 is 0 Å².